The summed E-state index contributed by atoms with van der Waals surface area (Å²) in [6, 6.07) is 7.85. The van der Waals surface area contributed by atoms with Gasteiger partial charge in [0, 0.05) is 38.2 Å². The molecule has 1 spiro atoms. The Morgan fingerprint density at radius 3 is 2.39 bits per heavy atom. The van der Waals surface area contributed by atoms with Gasteiger partial charge < -0.3 is 29.9 Å². The molecule has 10 heteroatoms. The fourth-order valence-electron chi connectivity index (χ4n) is 3.61. The van der Waals surface area contributed by atoms with Crippen LogP contribution in [-0.4, -0.2) is 75.9 Å². The van der Waals surface area contributed by atoms with Gasteiger partial charge in [0.25, 0.3) is 0 Å². The molecule has 1 atom stereocenters. The lowest BCUT2D eigenvalue weighted by atomic mass is 10.0. The van der Waals surface area contributed by atoms with Crippen LogP contribution in [0.15, 0.2) is 36.4 Å². The lowest BCUT2D eigenvalue weighted by molar-refractivity contribution is -0.134. The number of carbonyl (C=O) groups excluding carboxylic acids is 1. The number of amides is 1. The molecule has 2 fully saturated rings. The summed E-state index contributed by atoms with van der Waals surface area (Å²) in [5, 5.41) is 18.8. The molecule has 1 aromatic rings. The second-order valence-electron chi connectivity index (χ2n) is 7.47. The topological polar surface area (TPSA) is 125 Å². The van der Waals surface area contributed by atoms with Crippen LogP contribution in [0, 0.1) is 0 Å². The zero-order valence-electron chi connectivity index (χ0n) is 17.0. The van der Waals surface area contributed by atoms with Crippen LogP contribution in [0.2, 0.25) is 0 Å². The van der Waals surface area contributed by atoms with E-state index in [0.29, 0.717) is 24.5 Å². The molecule has 2 saturated heterocycles. The summed E-state index contributed by atoms with van der Waals surface area (Å²) in [6.07, 6.45) is 4.29. The highest BCUT2D eigenvalue weighted by atomic mass is 32.2. The number of carbonyl (C=O) groups is 3. The summed E-state index contributed by atoms with van der Waals surface area (Å²) in [6.45, 7) is 3.72. The van der Waals surface area contributed by atoms with Crippen molar-refractivity contribution in [2.45, 2.75) is 30.2 Å². The number of benzene rings is 1. The number of hydrogen-bond donors (Lipinski definition) is 3. The summed E-state index contributed by atoms with van der Waals surface area (Å²) in [4.78, 5) is 33.0. The van der Waals surface area contributed by atoms with Crippen molar-refractivity contribution >= 4 is 29.6 Å². The Morgan fingerprint density at radius 1 is 1.16 bits per heavy atom. The van der Waals surface area contributed by atoms with Crippen molar-refractivity contribution in [2.75, 3.05) is 32.0 Å². The number of ether oxygens (including phenoxy) is 2. The number of carboxylic acid groups (broad SMARTS) is 2. The third-order valence-electron chi connectivity index (χ3n) is 5.21. The Balaban J connectivity index is 0.000000293. The van der Waals surface area contributed by atoms with Gasteiger partial charge in [0.05, 0.1) is 10.6 Å². The van der Waals surface area contributed by atoms with E-state index in [9.17, 15) is 14.4 Å². The molecule has 0 radical (unpaired) electrons. The smallest absolute Gasteiger partial charge is 0.328 e. The fraction of sp³-hybridized carbons (Fsp3) is 0.476. The van der Waals surface area contributed by atoms with Gasteiger partial charge >= 0.3 is 11.9 Å². The van der Waals surface area contributed by atoms with Gasteiger partial charge in [0.1, 0.15) is 12.7 Å². The number of hydrogen-bond acceptors (Lipinski definition) is 7. The number of thioether (sulfide) groups is 1. The van der Waals surface area contributed by atoms with Gasteiger partial charge in [0.2, 0.25) is 5.91 Å². The van der Waals surface area contributed by atoms with Crippen LogP contribution in [0.3, 0.4) is 0 Å². The molecule has 3 aliphatic heterocycles. The van der Waals surface area contributed by atoms with Crippen LogP contribution in [0.25, 0.3) is 0 Å². The third kappa shape index (κ3) is 6.90. The van der Waals surface area contributed by atoms with Crippen molar-refractivity contribution in [3.05, 3.63) is 36.4 Å². The molecule has 31 heavy (non-hydrogen) atoms. The number of rotatable bonds is 5. The van der Waals surface area contributed by atoms with Crippen molar-refractivity contribution in [3.63, 3.8) is 0 Å². The predicted molar refractivity (Wildman–Crippen MR) is 114 cm³/mol. The molecule has 1 amide bonds. The van der Waals surface area contributed by atoms with Crippen LogP contribution in [-0.2, 0) is 14.4 Å². The van der Waals surface area contributed by atoms with Crippen LogP contribution >= 0.6 is 11.8 Å². The molecule has 0 aliphatic carbocycles. The van der Waals surface area contributed by atoms with Gasteiger partial charge in [-0.15, -0.1) is 11.8 Å². The quantitative estimate of drug-likeness (QED) is 0.573. The van der Waals surface area contributed by atoms with E-state index in [1.54, 1.807) is 11.8 Å². The Morgan fingerprint density at radius 2 is 1.81 bits per heavy atom. The average Bonchev–Trinajstić information content (AvgIpc) is 3.12. The van der Waals surface area contributed by atoms with E-state index in [0.717, 1.165) is 50.4 Å². The summed E-state index contributed by atoms with van der Waals surface area (Å²) in [5.41, 5.74) is 0. The molecule has 1 unspecified atom stereocenters. The van der Waals surface area contributed by atoms with Gasteiger partial charge in [-0.2, -0.15) is 0 Å². The summed E-state index contributed by atoms with van der Waals surface area (Å²) in [5.74, 6) is -0.00844. The SMILES string of the molecule is O=C(O)/C=C/C(=O)O.O=C1CSC2(CCN(CCC3COc4ccccc4O3)CC2)N1. The first-order valence-electron chi connectivity index (χ1n) is 10.0. The molecule has 9 nitrogen and oxygen atoms in total. The largest absolute Gasteiger partial charge is 0.486 e. The van der Waals surface area contributed by atoms with Gasteiger partial charge in [-0.05, 0) is 25.0 Å². The van der Waals surface area contributed by atoms with Crippen molar-refractivity contribution in [2.24, 2.45) is 0 Å². The summed E-state index contributed by atoms with van der Waals surface area (Å²) in [7, 11) is 0. The van der Waals surface area contributed by atoms with Crippen molar-refractivity contribution < 1.29 is 34.1 Å². The average molecular weight is 451 g/mol. The van der Waals surface area contributed by atoms with E-state index in [2.05, 4.69) is 10.2 Å². The minimum Gasteiger partial charge on any atom is -0.486 e. The van der Waals surface area contributed by atoms with Crippen molar-refractivity contribution in [1.29, 1.82) is 0 Å². The molecule has 3 heterocycles. The maximum Gasteiger partial charge on any atom is 0.328 e. The normalized spacial score (nSPS) is 21.9. The molecule has 0 saturated carbocycles. The van der Waals surface area contributed by atoms with E-state index in [1.165, 1.54) is 0 Å². The van der Waals surface area contributed by atoms with Crippen LogP contribution in [0.1, 0.15) is 19.3 Å². The number of carboxylic acids is 2. The number of aliphatic carboxylic acids is 2. The Bertz CT molecular complexity index is 821. The number of likely N-dealkylation sites (tertiary alicyclic amines) is 1. The molecular weight excluding hydrogens is 424 g/mol. The van der Waals surface area contributed by atoms with Gasteiger partial charge in [-0.3, -0.25) is 4.79 Å². The van der Waals surface area contributed by atoms with Crippen LogP contribution < -0.4 is 14.8 Å². The second-order valence-corrected chi connectivity index (χ2v) is 8.83. The number of piperidine rings is 1. The lowest BCUT2D eigenvalue weighted by Gasteiger charge is -2.39. The number of para-hydroxylation sites is 2. The molecule has 3 N–H and O–H groups in total. The van der Waals surface area contributed by atoms with Crippen LogP contribution in [0.5, 0.6) is 11.5 Å². The molecular formula is C21H26N2O7S. The maximum atomic E-state index is 11.5. The number of nitrogens with one attached hydrogen (secondary N) is 1. The highest BCUT2D eigenvalue weighted by Gasteiger charge is 2.41. The minimum absolute atomic E-state index is 0.0109. The maximum absolute atomic E-state index is 11.5. The second kappa shape index (κ2) is 10.5. The minimum atomic E-state index is -1.26. The van der Waals surface area contributed by atoms with Crippen LogP contribution in [0.4, 0.5) is 0 Å². The zero-order valence-corrected chi connectivity index (χ0v) is 17.8. The Labute approximate surface area is 184 Å². The van der Waals surface area contributed by atoms with E-state index in [1.807, 2.05) is 24.3 Å². The number of nitrogens with zero attached hydrogens (tertiary/aromatic N) is 1. The lowest BCUT2D eigenvalue weighted by Crippen LogP contribution is -2.50. The third-order valence-corrected chi connectivity index (χ3v) is 6.68. The number of fused-ring (bicyclic) bond motifs is 1. The highest BCUT2D eigenvalue weighted by molar-refractivity contribution is 8.01. The van der Waals surface area contributed by atoms with Gasteiger partial charge in [0.15, 0.2) is 11.5 Å². The predicted octanol–water partition coefficient (Wildman–Crippen LogP) is 1.58. The first-order valence-corrected chi connectivity index (χ1v) is 11.0. The molecule has 3 aliphatic rings. The first-order chi connectivity index (χ1) is 14.8. The molecule has 168 valence electrons. The molecule has 1 aromatic carbocycles. The Kier molecular flexibility index (Phi) is 7.80. The van der Waals surface area contributed by atoms with E-state index in [-0.39, 0.29) is 16.9 Å². The fourth-order valence-corrected chi connectivity index (χ4v) is 4.75. The van der Waals surface area contributed by atoms with E-state index in [4.69, 9.17) is 19.7 Å². The molecule has 4 rings (SSSR count). The summed E-state index contributed by atoms with van der Waals surface area (Å²) < 4.78 is 11.8. The first kappa shape index (κ1) is 23.0. The Hall–Kier alpha value is -2.72. The standard InChI is InChI=1S/C17H22N2O3S.C4H4O4/c20-16-12-23-17(18-16)6-9-19(10-7-17)8-5-13-11-21-14-3-1-2-4-15(14)22-13;5-3(6)1-2-4(7)8/h1-4,13H,5-12H2,(H,18,20);1-2H,(H,5,6)(H,7,8)/b;2-1+. The molecule has 0 aromatic heterocycles. The van der Waals surface area contributed by atoms with Crippen molar-refractivity contribution in [1.82, 2.24) is 10.2 Å². The van der Waals surface area contributed by atoms with Gasteiger partial charge in [-0.25, -0.2) is 9.59 Å². The van der Waals surface area contributed by atoms with E-state index >= 15 is 0 Å². The van der Waals surface area contributed by atoms with Crippen molar-refractivity contribution in [3.8, 4) is 11.5 Å². The van der Waals surface area contributed by atoms with E-state index < -0.39 is 11.9 Å². The van der Waals surface area contributed by atoms with Gasteiger partial charge in [-0.1, -0.05) is 12.1 Å². The monoisotopic (exact) mass is 450 g/mol. The highest BCUT2D eigenvalue weighted by Crippen LogP contribution is 2.37. The molecule has 0 bridgehead atoms. The zero-order chi connectivity index (χ0) is 22.3. The summed E-state index contributed by atoms with van der Waals surface area (Å²) >= 11 is 1.78.